The van der Waals surface area contributed by atoms with Crippen LogP contribution < -0.4 is 20.1 Å². The minimum absolute atomic E-state index is 0.0470. The monoisotopic (exact) mass is 456 g/mol. The van der Waals surface area contributed by atoms with Gasteiger partial charge in [0.2, 0.25) is 5.91 Å². The Balaban J connectivity index is 1.41. The Kier molecular flexibility index (Phi) is 7.29. The maximum atomic E-state index is 12.6. The molecule has 32 heavy (non-hydrogen) atoms. The van der Waals surface area contributed by atoms with E-state index >= 15 is 0 Å². The average Bonchev–Trinajstić information content (AvgIpc) is 3.20. The first-order chi connectivity index (χ1) is 15.6. The van der Waals surface area contributed by atoms with Crippen LogP contribution in [0.3, 0.4) is 0 Å². The first-order valence-electron chi connectivity index (χ1n) is 10.7. The molecule has 4 rings (SSSR count). The van der Waals surface area contributed by atoms with E-state index in [2.05, 4.69) is 10.6 Å². The highest BCUT2D eigenvalue weighted by molar-refractivity contribution is 6.32. The molecule has 2 N–H and O–H groups in total. The second kappa shape index (κ2) is 10.5. The maximum Gasteiger partial charge on any atom is 0.253 e. The highest BCUT2D eigenvalue weighted by atomic mass is 35.5. The fourth-order valence-electron chi connectivity index (χ4n) is 3.59. The van der Waals surface area contributed by atoms with Crippen molar-refractivity contribution in [3.8, 4) is 11.5 Å². The van der Waals surface area contributed by atoms with Crippen molar-refractivity contribution in [3.05, 3.63) is 58.6 Å². The number of nitrogens with one attached hydrogen (secondary N) is 2. The summed E-state index contributed by atoms with van der Waals surface area (Å²) < 4.78 is 16.8. The van der Waals surface area contributed by atoms with Crippen molar-refractivity contribution in [1.82, 2.24) is 5.32 Å². The van der Waals surface area contributed by atoms with Crippen molar-refractivity contribution in [3.63, 3.8) is 0 Å². The fourth-order valence-corrected chi connectivity index (χ4v) is 3.86. The van der Waals surface area contributed by atoms with Gasteiger partial charge in [-0.1, -0.05) is 23.7 Å². The Bertz CT molecular complexity index is 1020. The summed E-state index contributed by atoms with van der Waals surface area (Å²) in [4.78, 5) is 25.1. The molecule has 1 saturated heterocycles. The van der Waals surface area contributed by atoms with Crippen molar-refractivity contribution in [1.29, 1.82) is 0 Å². The van der Waals surface area contributed by atoms with Crippen molar-refractivity contribution < 1.29 is 23.8 Å². The number of benzene rings is 2. The third kappa shape index (κ3) is 5.60. The van der Waals surface area contributed by atoms with E-state index in [4.69, 9.17) is 25.8 Å². The van der Waals surface area contributed by atoms with Gasteiger partial charge in [-0.15, -0.1) is 0 Å². The zero-order valence-corrected chi connectivity index (χ0v) is 18.3. The van der Waals surface area contributed by atoms with Crippen LogP contribution in [-0.4, -0.2) is 44.3 Å². The summed E-state index contributed by atoms with van der Waals surface area (Å²) in [6.45, 7) is 2.27. The molecule has 2 aliphatic rings. The van der Waals surface area contributed by atoms with Gasteiger partial charge in [0, 0.05) is 25.6 Å². The molecule has 1 fully saturated rings. The number of rotatable bonds is 6. The average molecular weight is 457 g/mol. The van der Waals surface area contributed by atoms with Crippen LogP contribution in [0.2, 0.25) is 5.02 Å². The van der Waals surface area contributed by atoms with E-state index < -0.39 is 0 Å². The predicted molar refractivity (Wildman–Crippen MR) is 122 cm³/mol. The van der Waals surface area contributed by atoms with Crippen molar-refractivity contribution in [2.75, 3.05) is 31.7 Å². The van der Waals surface area contributed by atoms with Crippen LogP contribution in [0.1, 0.15) is 35.2 Å². The SMILES string of the molecule is O=C(/C=C/c1cc(Cl)c2c(c1)OCCCO2)Nc1ccccc1C(=O)NCC1CCCO1. The quantitative estimate of drug-likeness (QED) is 0.640. The van der Waals surface area contributed by atoms with Crippen LogP contribution in [0.15, 0.2) is 42.5 Å². The zero-order chi connectivity index (χ0) is 22.3. The Morgan fingerprint density at radius 1 is 1.09 bits per heavy atom. The van der Waals surface area contributed by atoms with E-state index in [-0.39, 0.29) is 17.9 Å². The molecule has 2 aromatic rings. The van der Waals surface area contributed by atoms with Crippen LogP contribution in [-0.2, 0) is 9.53 Å². The summed E-state index contributed by atoms with van der Waals surface area (Å²) in [6.07, 6.45) is 5.79. The lowest BCUT2D eigenvalue weighted by atomic mass is 10.1. The van der Waals surface area contributed by atoms with Gasteiger partial charge < -0.3 is 24.8 Å². The van der Waals surface area contributed by atoms with Gasteiger partial charge in [-0.05, 0) is 48.7 Å². The van der Waals surface area contributed by atoms with E-state index in [0.717, 1.165) is 25.9 Å². The lowest BCUT2D eigenvalue weighted by molar-refractivity contribution is -0.111. The molecule has 0 aliphatic carbocycles. The smallest absolute Gasteiger partial charge is 0.253 e. The minimum atomic E-state index is -0.368. The zero-order valence-electron chi connectivity index (χ0n) is 17.6. The van der Waals surface area contributed by atoms with Gasteiger partial charge in [0.1, 0.15) is 0 Å². The number of fused-ring (bicyclic) bond motifs is 1. The van der Waals surface area contributed by atoms with Gasteiger partial charge >= 0.3 is 0 Å². The lowest BCUT2D eigenvalue weighted by Crippen LogP contribution is -2.32. The van der Waals surface area contributed by atoms with E-state index in [1.807, 2.05) is 0 Å². The van der Waals surface area contributed by atoms with E-state index in [1.165, 1.54) is 6.08 Å². The second-order valence-electron chi connectivity index (χ2n) is 7.59. The topological polar surface area (TPSA) is 85.9 Å². The molecule has 2 amide bonds. The van der Waals surface area contributed by atoms with Crippen LogP contribution in [0.4, 0.5) is 5.69 Å². The van der Waals surface area contributed by atoms with Crippen LogP contribution in [0, 0.1) is 0 Å². The number of anilines is 1. The fraction of sp³-hybridized carbons (Fsp3) is 0.333. The van der Waals surface area contributed by atoms with Gasteiger partial charge in [0.05, 0.1) is 35.6 Å². The maximum absolute atomic E-state index is 12.6. The Morgan fingerprint density at radius 3 is 2.78 bits per heavy atom. The molecule has 0 aromatic heterocycles. The molecule has 0 saturated carbocycles. The minimum Gasteiger partial charge on any atom is -0.489 e. The molecule has 1 atom stereocenters. The van der Waals surface area contributed by atoms with Crippen molar-refractivity contribution >= 4 is 35.2 Å². The molecule has 7 nitrogen and oxygen atoms in total. The number of ether oxygens (including phenoxy) is 3. The Labute approximate surface area is 191 Å². The summed E-state index contributed by atoms with van der Waals surface area (Å²) in [5.74, 6) is 0.458. The highest BCUT2D eigenvalue weighted by Crippen LogP contribution is 2.38. The molecule has 1 unspecified atom stereocenters. The number of hydrogen-bond acceptors (Lipinski definition) is 5. The molecule has 0 spiro atoms. The van der Waals surface area contributed by atoms with Gasteiger partial charge in [-0.2, -0.15) is 0 Å². The molecule has 2 aliphatic heterocycles. The molecule has 2 aromatic carbocycles. The third-order valence-electron chi connectivity index (χ3n) is 5.20. The normalized spacial score (nSPS) is 17.7. The molecule has 2 heterocycles. The standard InChI is InChI=1S/C24H25ClN2O5/c25-19-13-16(14-21-23(19)32-12-4-11-31-21)8-9-22(28)27-20-7-2-1-6-18(20)24(29)26-15-17-5-3-10-30-17/h1-2,6-9,13-14,17H,3-5,10-12,15H2,(H,26,29)(H,27,28)/b9-8+. The number of amides is 2. The molecule has 0 radical (unpaired) electrons. The van der Waals surface area contributed by atoms with Gasteiger partial charge in [0.25, 0.3) is 5.91 Å². The van der Waals surface area contributed by atoms with Gasteiger partial charge in [-0.25, -0.2) is 0 Å². The van der Waals surface area contributed by atoms with Crippen LogP contribution in [0.5, 0.6) is 11.5 Å². The van der Waals surface area contributed by atoms with E-state index in [0.29, 0.717) is 53.1 Å². The third-order valence-corrected chi connectivity index (χ3v) is 5.48. The summed E-state index contributed by atoms with van der Waals surface area (Å²) >= 11 is 6.30. The Morgan fingerprint density at radius 2 is 1.94 bits per heavy atom. The number of carbonyl (C=O) groups is 2. The Hall–Kier alpha value is -3.03. The molecular formula is C24H25ClN2O5. The summed E-state index contributed by atoms with van der Waals surface area (Å²) in [5.41, 5.74) is 1.53. The number of carbonyl (C=O) groups excluding carboxylic acids is 2. The summed E-state index contributed by atoms with van der Waals surface area (Å²) in [7, 11) is 0. The molecule has 8 heteroatoms. The lowest BCUT2D eigenvalue weighted by Gasteiger charge is -2.13. The summed E-state index contributed by atoms with van der Waals surface area (Å²) in [5, 5.41) is 6.08. The van der Waals surface area contributed by atoms with E-state index in [1.54, 1.807) is 42.5 Å². The first-order valence-corrected chi connectivity index (χ1v) is 11.0. The molecular weight excluding hydrogens is 432 g/mol. The van der Waals surface area contributed by atoms with Gasteiger partial charge in [0.15, 0.2) is 11.5 Å². The van der Waals surface area contributed by atoms with Gasteiger partial charge in [-0.3, -0.25) is 9.59 Å². The largest absolute Gasteiger partial charge is 0.489 e. The van der Waals surface area contributed by atoms with Crippen molar-refractivity contribution in [2.24, 2.45) is 0 Å². The molecule has 168 valence electrons. The number of para-hydroxylation sites is 1. The van der Waals surface area contributed by atoms with Crippen molar-refractivity contribution in [2.45, 2.75) is 25.4 Å². The van der Waals surface area contributed by atoms with Crippen LogP contribution >= 0.6 is 11.6 Å². The first kappa shape index (κ1) is 22.2. The number of hydrogen-bond donors (Lipinski definition) is 2. The summed E-state index contributed by atoms with van der Waals surface area (Å²) in [6, 6.07) is 10.4. The number of halogens is 1. The van der Waals surface area contributed by atoms with Crippen LogP contribution in [0.25, 0.3) is 6.08 Å². The predicted octanol–water partition coefficient (Wildman–Crippen LogP) is 4.06. The highest BCUT2D eigenvalue weighted by Gasteiger charge is 2.18. The molecule has 0 bridgehead atoms. The van der Waals surface area contributed by atoms with E-state index in [9.17, 15) is 9.59 Å². The second-order valence-corrected chi connectivity index (χ2v) is 8.00.